The minimum absolute atomic E-state index is 0.132. The maximum Gasteiger partial charge on any atom is 0.229 e. The molecule has 1 saturated heterocycles. The molecule has 1 aliphatic heterocycles. The maximum atomic E-state index is 12.3. The van der Waals surface area contributed by atoms with Gasteiger partial charge in [0.15, 0.2) is 5.82 Å². The molecule has 0 spiro atoms. The van der Waals surface area contributed by atoms with Crippen LogP contribution in [-0.2, 0) is 9.59 Å². The number of amides is 2. The molecule has 138 valence electrons. The molecule has 1 unspecified atom stereocenters. The van der Waals surface area contributed by atoms with Gasteiger partial charge in [0.1, 0.15) is 23.9 Å². The minimum atomic E-state index is -0.402. The van der Waals surface area contributed by atoms with Crippen LogP contribution in [0.3, 0.4) is 0 Å². The summed E-state index contributed by atoms with van der Waals surface area (Å²) in [6.07, 6.45) is 0.164. The number of aryl methyl sites for hydroxylation is 1. The minimum Gasteiger partial charge on any atom is -0.497 e. The highest BCUT2D eigenvalue weighted by molar-refractivity contribution is 5.99. The van der Waals surface area contributed by atoms with E-state index in [2.05, 4.69) is 10.5 Å². The number of aromatic nitrogens is 1. The lowest BCUT2D eigenvalue weighted by molar-refractivity contribution is -0.126. The molecule has 1 aromatic carbocycles. The molecule has 1 aromatic heterocycles. The second-order valence-corrected chi connectivity index (χ2v) is 6.02. The smallest absolute Gasteiger partial charge is 0.229 e. The molecule has 1 atom stereocenters. The van der Waals surface area contributed by atoms with E-state index in [-0.39, 0.29) is 18.2 Å². The van der Waals surface area contributed by atoms with Crippen LogP contribution in [0.5, 0.6) is 11.5 Å². The Morgan fingerprint density at radius 1 is 1.35 bits per heavy atom. The summed E-state index contributed by atoms with van der Waals surface area (Å²) < 4.78 is 15.6. The van der Waals surface area contributed by atoms with Crippen LogP contribution in [0.1, 0.15) is 12.2 Å². The van der Waals surface area contributed by atoms with Crippen molar-refractivity contribution in [2.45, 2.75) is 13.3 Å². The van der Waals surface area contributed by atoms with Gasteiger partial charge >= 0.3 is 0 Å². The average molecular weight is 359 g/mol. The molecule has 8 heteroatoms. The largest absolute Gasteiger partial charge is 0.497 e. The Balaban J connectivity index is 1.43. The summed E-state index contributed by atoms with van der Waals surface area (Å²) >= 11 is 0. The standard InChI is InChI=1S/C18H21N3O5/c1-12-9-16(20-26-12)21-11-13(10-17(21)22)18(23)19-7-8-25-15-5-3-14(24-2)4-6-15/h3-6,9,13H,7-8,10-11H2,1-2H3,(H,19,23). The van der Waals surface area contributed by atoms with Crippen LogP contribution in [0.2, 0.25) is 0 Å². The van der Waals surface area contributed by atoms with E-state index >= 15 is 0 Å². The maximum absolute atomic E-state index is 12.3. The first kappa shape index (κ1) is 17.8. The van der Waals surface area contributed by atoms with Gasteiger partial charge < -0.3 is 19.3 Å². The first-order valence-electron chi connectivity index (χ1n) is 8.35. The lowest BCUT2D eigenvalue weighted by Crippen LogP contribution is -2.35. The van der Waals surface area contributed by atoms with Gasteiger partial charge in [-0.2, -0.15) is 0 Å². The van der Waals surface area contributed by atoms with Gasteiger partial charge in [-0.15, -0.1) is 0 Å². The van der Waals surface area contributed by atoms with Crippen molar-refractivity contribution in [1.82, 2.24) is 10.5 Å². The van der Waals surface area contributed by atoms with Crippen LogP contribution < -0.4 is 19.7 Å². The normalized spacial score (nSPS) is 16.6. The number of rotatable bonds is 7. The Hall–Kier alpha value is -3.03. The zero-order valence-electron chi connectivity index (χ0n) is 14.7. The monoisotopic (exact) mass is 359 g/mol. The van der Waals surface area contributed by atoms with Crippen LogP contribution in [0, 0.1) is 12.8 Å². The van der Waals surface area contributed by atoms with E-state index in [1.54, 1.807) is 44.4 Å². The first-order valence-corrected chi connectivity index (χ1v) is 8.35. The number of benzene rings is 1. The van der Waals surface area contributed by atoms with E-state index in [0.717, 1.165) is 5.75 Å². The number of anilines is 1. The van der Waals surface area contributed by atoms with Crippen molar-refractivity contribution in [3.05, 3.63) is 36.1 Å². The van der Waals surface area contributed by atoms with E-state index < -0.39 is 5.92 Å². The third-order valence-corrected chi connectivity index (χ3v) is 4.12. The zero-order valence-corrected chi connectivity index (χ0v) is 14.7. The summed E-state index contributed by atoms with van der Waals surface area (Å²) in [5, 5.41) is 6.64. The molecule has 8 nitrogen and oxygen atoms in total. The van der Waals surface area contributed by atoms with Crippen molar-refractivity contribution in [3.8, 4) is 11.5 Å². The van der Waals surface area contributed by atoms with Crippen LogP contribution >= 0.6 is 0 Å². The molecule has 3 rings (SSSR count). The predicted octanol–water partition coefficient (Wildman–Crippen LogP) is 1.54. The van der Waals surface area contributed by atoms with Gasteiger partial charge in [0.25, 0.3) is 0 Å². The van der Waals surface area contributed by atoms with Crippen LogP contribution in [-0.4, -0.2) is 43.8 Å². The summed E-state index contributed by atoms with van der Waals surface area (Å²) in [6, 6.07) is 8.89. The molecular weight excluding hydrogens is 338 g/mol. The first-order chi connectivity index (χ1) is 12.6. The van der Waals surface area contributed by atoms with Crippen molar-refractivity contribution in [2.24, 2.45) is 5.92 Å². The number of nitrogens with zero attached hydrogens (tertiary/aromatic N) is 2. The Morgan fingerprint density at radius 2 is 2.08 bits per heavy atom. The molecule has 0 aliphatic carbocycles. The summed E-state index contributed by atoms with van der Waals surface area (Å²) in [4.78, 5) is 25.8. The van der Waals surface area contributed by atoms with Gasteiger partial charge in [0.2, 0.25) is 11.8 Å². The quantitative estimate of drug-likeness (QED) is 0.754. The van der Waals surface area contributed by atoms with Gasteiger partial charge in [-0.3, -0.25) is 14.5 Å². The molecule has 0 bridgehead atoms. The van der Waals surface area contributed by atoms with Gasteiger partial charge in [-0.1, -0.05) is 5.16 Å². The molecule has 1 aliphatic rings. The molecule has 1 N–H and O–H groups in total. The number of ether oxygens (including phenoxy) is 2. The highest BCUT2D eigenvalue weighted by atomic mass is 16.5. The van der Waals surface area contributed by atoms with E-state index in [1.165, 1.54) is 4.90 Å². The summed E-state index contributed by atoms with van der Waals surface area (Å²) in [5.74, 6) is 1.82. The lowest BCUT2D eigenvalue weighted by Gasteiger charge is -2.13. The topological polar surface area (TPSA) is 93.9 Å². The fourth-order valence-corrected chi connectivity index (χ4v) is 2.74. The van der Waals surface area contributed by atoms with E-state index in [1.807, 2.05) is 0 Å². The Kier molecular flexibility index (Phi) is 5.40. The number of hydrogen-bond acceptors (Lipinski definition) is 6. The second kappa shape index (κ2) is 7.90. The van der Waals surface area contributed by atoms with Gasteiger partial charge in [-0.05, 0) is 31.2 Å². The zero-order chi connectivity index (χ0) is 18.5. The fourth-order valence-electron chi connectivity index (χ4n) is 2.74. The molecule has 0 radical (unpaired) electrons. The second-order valence-electron chi connectivity index (χ2n) is 6.02. The van der Waals surface area contributed by atoms with E-state index in [4.69, 9.17) is 14.0 Å². The van der Waals surface area contributed by atoms with E-state index in [0.29, 0.717) is 37.0 Å². The number of carbonyl (C=O) groups is 2. The molecular formula is C18H21N3O5. The molecule has 0 saturated carbocycles. The van der Waals surface area contributed by atoms with Crippen LogP contribution in [0.15, 0.2) is 34.9 Å². The van der Waals surface area contributed by atoms with Crippen molar-refractivity contribution in [3.63, 3.8) is 0 Å². The fraction of sp³-hybridized carbons (Fsp3) is 0.389. The summed E-state index contributed by atoms with van der Waals surface area (Å²) in [7, 11) is 1.60. The highest BCUT2D eigenvalue weighted by Crippen LogP contribution is 2.24. The SMILES string of the molecule is COc1ccc(OCCNC(=O)C2CC(=O)N(c3cc(C)on3)C2)cc1. The predicted molar refractivity (Wildman–Crippen MR) is 93.2 cm³/mol. The number of nitrogens with one attached hydrogen (secondary N) is 1. The molecule has 2 amide bonds. The van der Waals surface area contributed by atoms with Crippen LogP contribution in [0.25, 0.3) is 0 Å². The molecule has 1 fully saturated rings. The van der Waals surface area contributed by atoms with Crippen LogP contribution in [0.4, 0.5) is 5.82 Å². The average Bonchev–Trinajstić information content (AvgIpc) is 3.24. The van der Waals surface area contributed by atoms with Gasteiger partial charge in [0, 0.05) is 19.0 Å². The number of methoxy groups -OCH3 is 1. The summed E-state index contributed by atoms with van der Waals surface area (Å²) in [5.41, 5.74) is 0. The third kappa shape index (κ3) is 4.14. The van der Waals surface area contributed by atoms with Crippen molar-refractivity contribution < 1.29 is 23.6 Å². The number of hydrogen-bond donors (Lipinski definition) is 1. The highest BCUT2D eigenvalue weighted by Gasteiger charge is 2.36. The molecule has 2 heterocycles. The van der Waals surface area contributed by atoms with Gasteiger partial charge in [0.05, 0.1) is 19.6 Å². The Morgan fingerprint density at radius 3 is 2.73 bits per heavy atom. The van der Waals surface area contributed by atoms with E-state index in [9.17, 15) is 9.59 Å². The van der Waals surface area contributed by atoms with Gasteiger partial charge in [-0.25, -0.2) is 0 Å². The Bertz CT molecular complexity index is 771. The lowest BCUT2D eigenvalue weighted by atomic mass is 10.1. The van der Waals surface area contributed by atoms with Crippen molar-refractivity contribution >= 4 is 17.6 Å². The summed E-state index contributed by atoms with van der Waals surface area (Å²) in [6.45, 7) is 2.75. The molecule has 2 aromatic rings. The third-order valence-electron chi connectivity index (χ3n) is 4.12. The van der Waals surface area contributed by atoms with Crippen molar-refractivity contribution in [2.75, 3.05) is 31.7 Å². The number of carbonyl (C=O) groups excluding carboxylic acids is 2. The Labute approximate surface area is 151 Å². The van der Waals surface area contributed by atoms with Crippen molar-refractivity contribution in [1.29, 1.82) is 0 Å². The molecule has 26 heavy (non-hydrogen) atoms.